The predicted molar refractivity (Wildman–Crippen MR) is 113 cm³/mol. The van der Waals surface area contributed by atoms with Crippen LogP contribution in [0, 0.1) is 5.92 Å². The van der Waals surface area contributed by atoms with Crippen LogP contribution in [0.1, 0.15) is 35.9 Å². The molecule has 28 heavy (non-hydrogen) atoms. The normalized spacial score (nSPS) is 20.5. The summed E-state index contributed by atoms with van der Waals surface area (Å²) in [5.74, 6) is 0.676. The number of likely N-dealkylation sites (N-methyl/N-ethyl adjacent to an activating group) is 1. The number of piperazine rings is 1. The number of nitrogens with one attached hydrogen (secondary N) is 1. The highest BCUT2D eigenvalue weighted by Gasteiger charge is 2.37. The second-order valence-corrected chi connectivity index (χ2v) is 8.24. The van der Waals surface area contributed by atoms with E-state index >= 15 is 0 Å². The molecule has 4 heteroatoms. The fourth-order valence-electron chi connectivity index (χ4n) is 4.30. The van der Waals surface area contributed by atoms with Crippen LogP contribution in [0.25, 0.3) is 0 Å². The first-order valence-corrected chi connectivity index (χ1v) is 10.5. The van der Waals surface area contributed by atoms with Gasteiger partial charge in [0.25, 0.3) is 0 Å². The van der Waals surface area contributed by atoms with E-state index in [-0.39, 0.29) is 17.9 Å². The van der Waals surface area contributed by atoms with Crippen LogP contribution in [-0.4, -0.2) is 55.5 Å². The van der Waals surface area contributed by atoms with Gasteiger partial charge in [-0.05, 0) is 36.9 Å². The zero-order valence-electron chi connectivity index (χ0n) is 16.8. The van der Waals surface area contributed by atoms with Crippen LogP contribution in [0.2, 0.25) is 0 Å². The number of hydrogen-bond acceptors (Lipinski definition) is 3. The van der Waals surface area contributed by atoms with Crippen LogP contribution in [0.4, 0.5) is 0 Å². The molecule has 148 valence electrons. The molecule has 4 nitrogen and oxygen atoms in total. The lowest BCUT2D eigenvalue weighted by Gasteiger charge is -2.38. The first-order chi connectivity index (χ1) is 13.7. The summed E-state index contributed by atoms with van der Waals surface area (Å²) in [6.07, 6.45) is 2.32. The average Bonchev–Trinajstić information content (AvgIpc) is 3.56. The summed E-state index contributed by atoms with van der Waals surface area (Å²) in [5, 5.41) is 3.32. The van der Waals surface area contributed by atoms with Gasteiger partial charge in [-0.2, -0.15) is 0 Å². The van der Waals surface area contributed by atoms with Crippen molar-refractivity contribution in [2.45, 2.75) is 24.8 Å². The number of amides is 1. The van der Waals surface area contributed by atoms with Gasteiger partial charge in [-0.25, -0.2) is 0 Å². The Balaban J connectivity index is 1.46. The Morgan fingerprint density at radius 3 is 2.07 bits per heavy atom. The largest absolute Gasteiger partial charge is 0.354 e. The lowest BCUT2D eigenvalue weighted by molar-refractivity contribution is -0.123. The Kier molecular flexibility index (Phi) is 6.08. The number of carbonyl (C=O) groups excluding carboxylic acids is 1. The molecule has 1 N–H and O–H groups in total. The third kappa shape index (κ3) is 4.62. The third-order valence-electron chi connectivity index (χ3n) is 6.17. The minimum atomic E-state index is -0.00916. The van der Waals surface area contributed by atoms with Crippen LogP contribution in [-0.2, 0) is 4.79 Å². The molecule has 1 amide bonds. The molecule has 1 aliphatic heterocycles. The first-order valence-electron chi connectivity index (χ1n) is 10.5. The second kappa shape index (κ2) is 8.89. The Hall–Kier alpha value is -2.17. The van der Waals surface area contributed by atoms with Crippen LogP contribution in [0.15, 0.2) is 60.7 Å². The minimum Gasteiger partial charge on any atom is -0.354 e. The first kappa shape index (κ1) is 19.2. The summed E-state index contributed by atoms with van der Waals surface area (Å²) in [7, 11) is 2.18. The number of nitrogens with zero attached hydrogens (tertiary/aromatic N) is 2. The summed E-state index contributed by atoms with van der Waals surface area (Å²) >= 11 is 0. The zero-order chi connectivity index (χ0) is 19.3. The molecule has 2 fully saturated rings. The van der Waals surface area contributed by atoms with Crippen molar-refractivity contribution in [3.8, 4) is 0 Å². The monoisotopic (exact) mass is 377 g/mol. The van der Waals surface area contributed by atoms with Crippen LogP contribution >= 0.6 is 0 Å². The Morgan fingerprint density at radius 1 is 0.929 bits per heavy atom. The molecule has 2 aromatic carbocycles. The average molecular weight is 378 g/mol. The number of hydrogen-bond donors (Lipinski definition) is 1. The van der Waals surface area contributed by atoms with Crippen molar-refractivity contribution in [1.82, 2.24) is 15.1 Å². The summed E-state index contributed by atoms with van der Waals surface area (Å²) in [4.78, 5) is 18.0. The lowest BCUT2D eigenvalue weighted by Crippen LogP contribution is -2.48. The van der Waals surface area contributed by atoms with Gasteiger partial charge < -0.3 is 10.2 Å². The smallest absolute Gasteiger partial charge is 0.227 e. The quantitative estimate of drug-likeness (QED) is 0.804. The van der Waals surface area contributed by atoms with Gasteiger partial charge in [0.05, 0.1) is 12.0 Å². The summed E-state index contributed by atoms with van der Waals surface area (Å²) in [5.41, 5.74) is 2.44. The third-order valence-corrected chi connectivity index (χ3v) is 6.17. The van der Waals surface area contributed by atoms with Crippen LogP contribution in [0.5, 0.6) is 0 Å². The van der Waals surface area contributed by atoms with Gasteiger partial charge >= 0.3 is 0 Å². The maximum Gasteiger partial charge on any atom is 0.227 e. The van der Waals surface area contributed by atoms with E-state index in [9.17, 15) is 4.79 Å². The molecule has 1 heterocycles. The molecule has 1 aliphatic carbocycles. The summed E-state index contributed by atoms with van der Waals surface area (Å²) in [6.45, 7) is 4.90. The van der Waals surface area contributed by atoms with Crippen molar-refractivity contribution in [1.29, 1.82) is 0 Å². The van der Waals surface area contributed by atoms with Crippen molar-refractivity contribution in [2.75, 3.05) is 39.8 Å². The standard InChI is InChI=1S/C24H31N3O/c1-26-14-16-27(17-15-26)22(19-8-4-2-5-9-19)18-25-24(28)23(21-12-13-21)20-10-6-3-7-11-20/h2-11,21-23H,12-18H2,1H3,(H,25,28). The predicted octanol–water partition coefficient (Wildman–Crippen LogP) is 3.29. The molecular weight excluding hydrogens is 346 g/mol. The van der Waals surface area contributed by atoms with Gasteiger partial charge in [0.15, 0.2) is 0 Å². The Labute approximate surface area is 168 Å². The van der Waals surface area contributed by atoms with Crippen molar-refractivity contribution < 1.29 is 4.79 Å². The molecular formula is C24H31N3O. The van der Waals surface area contributed by atoms with Crippen LogP contribution < -0.4 is 5.32 Å². The molecule has 2 unspecified atom stereocenters. The van der Waals surface area contributed by atoms with E-state index < -0.39 is 0 Å². The molecule has 1 saturated heterocycles. The van der Waals surface area contributed by atoms with Crippen molar-refractivity contribution >= 4 is 5.91 Å². The van der Waals surface area contributed by atoms with Gasteiger partial charge in [0, 0.05) is 32.7 Å². The Bertz CT molecular complexity index is 752. The van der Waals surface area contributed by atoms with E-state index in [0.29, 0.717) is 12.5 Å². The fraction of sp³-hybridized carbons (Fsp3) is 0.458. The highest BCUT2D eigenvalue weighted by Crippen LogP contribution is 2.42. The lowest BCUT2D eigenvalue weighted by atomic mass is 9.93. The molecule has 4 rings (SSSR count). The molecule has 2 aliphatic rings. The van der Waals surface area contributed by atoms with Gasteiger partial charge in [-0.3, -0.25) is 9.69 Å². The fourth-order valence-corrected chi connectivity index (χ4v) is 4.30. The van der Waals surface area contributed by atoms with Gasteiger partial charge in [0.1, 0.15) is 0 Å². The molecule has 2 aromatic rings. The number of rotatable bonds is 7. The molecule has 0 bridgehead atoms. The van der Waals surface area contributed by atoms with Gasteiger partial charge in [0.2, 0.25) is 5.91 Å². The topological polar surface area (TPSA) is 35.6 Å². The highest BCUT2D eigenvalue weighted by atomic mass is 16.1. The van der Waals surface area contributed by atoms with Gasteiger partial charge in [-0.1, -0.05) is 60.7 Å². The van der Waals surface area contributed by atoms with Crippen molar-refractivity contribution in [3.05, 3.63) is 71.8 Å². The van der Waals surface area contributed by atoms with E-state index in [2.05, 4.69) is 64.6 Å². The number of benzene rings is 2. The van der Waals surface area contributed by atoms with Crippen molar-refractivity contribution in [2.24, 2.45) is 5.92 Å². The zero-order valence-corrected chi connectivity index (χ0v) is 16.8. The molecule has 0 radical (unpaired) electrons. The highest BCUT2D eigenvalue weighted by molar-refractivity contribution is 5.84. The van der Waals surface area contributed by atoms with Crippen molar-refractivity contribution in [3.63, 3.8) is 0 Å². The Morgan fingerprint density at radius 2 is 1.50 bits per heavy atom. The number of carbonyl (C=O) groups is 1. The van der Waals surface area contributed by atoms with Gasteiger partial charge in [-0.15, -0.1) is 0 Å². The summed E-state index contributed by atoms with van der Waals surface area (Å²) < 4.78 is 0. The molecule has 0 spiro atoms. The molecule has 0 aromatic heterocycles. The van der Waals surface area contributed by atoms with Crippen LogP contribution in [0.3, 0.4) is 0 Å². The van der Waals surface area contributed by atoms with E-state index in [4.69, 9.17) is 0 Å². The SMILES string of the molecule is CN1CCN(C(CNC(=O)C(c2ccccc2)C2CC2)c2ccccc2)CC1. The van der Waals surface area contributed by atoms with E-state index in [0.717, 1.165) is 44.6 Å². The minimum absolute atomic E-state index is 0.00916. The molecule has 1 saturated carbocycles. The van der Waals surface area contributed by atoms with E-state index in [1.54, 1.807) is 0 Å². The summed E-state index contributed by atoms with van der Waals surface area (Å²) in [6, 6.07) is 21.1. The maximum atomic E-state index is 13.2. The van der Waals surface area contributed by atoms with E-state index in [1.165, 1.54) is 5.56 Å². The molecule has 2 atom stereocenters. The maximum absolute atomic E-state index is 13.2. The second-order valence-electron chi connectivity index (χ2n) is 8.24. The van der Waals surface area contributed by atoms with E-state index in [1.807, 2.05) is 18.2 Å².